The largest absolute Gasteiger partial charge is 0.483 e. The van der Waals surface area contributed by atoms with Gasteiger partial charge < -0.3 is 13.3 Å². The molecule has 0 aromatic heterocycles. The van der Waals surface area contributed by atoms with E-state index in [2.05, 4.69) is 0 Å². The smallest absolute Gasteiger partial charge is 0.379 e. The number of hydrogen-bond donors (Lipinski definition) is 0. The topological polar surface area (TPSA) is 27.7 Å². The first-order valence-corrected chi connectivity index (χ1v) is 7.20. The van der Waals surface area contributed by atoms with Crippen LogP contribution in [-0.2, 0) is 19.7 Å². The van der Waals surface area contributed by atoms with Gasteiger partial charge in [0.15, 0.2) is 11.6 Å². The number of aryl methyl sites for hydroxylation is 1. The predicted octanol–water partition coefficient (Wildman–Crippen LogP) is 2.31. The Bertz CT molecular complexity index is 359. The van der Waals surface area contributed by atoms with Gasteiger partial charge >= 0.3 is 9.53 Å². The summed E-state index contributed by atoms with van der Waals surface area (Å²) >= 11 is 0. The fourth-order valence-electron chi connectivity index (χ4n) is 1.54. The maximum atomic E-state index is 12.9. The van der Waals surface area contributed by atoms with Crippen LogP contribution in [0.2, 0.25) is 0 Å². The van der Waals surface area contributed by atoms with E-state index in [4.69, 9.17) is 13.3 Å². The molecule has 1 aromatic rings. The average molecular weight is 276 g/mol. The Labute approximate surface area is 108 Å². The molecule has 0 radical (unpaired) electrons. The molecule has 0 aliphatic heterocycles. The van der Waals surface area contributed by atoms with Crippen LogP contribution in [0.4, 0.5) is 8.78 Å². The summed E-state index contributed by atoms with van der Waals surface area (Å²) in [5.74, 6) is -1.61. The van der Waals surface area contributed by atoms with Crippen molar-refractivity contribution in [3.8, 4) is 0 Å². The quantitative estimate of drug-likeness (QED) is 0.539. The maximum absolute atomic E-state index is 12.9. The highest BCUT2D eigenvalue weighted by atomic mass is 28.3. The van der Waals surface area contributed by atoms with E-state index in [9.17, 15) is 8.78 Å². The van der Waals surface area contributed by atoms with Gasteiger partial charge in [-0.15, -0.1) is 0 Å². The molecule has 0 aliphatic carbocycles. The molecule has 3 nitrogen and oxygen atoms in total. The van der Waals surface area contributed by atoms with E-state index in [1.807, 2.05) is 0 Å². The summed E-state index contributed by atoms with van der Waals surface area (Å²) in [7, 11) is 1.18. The Morgan fingerprint density at radius 1 is 1.06 bits per heavy atom. The van der Waals surface area contributed by atoms with Gasteiger partial charge in [0.1, 0.15) is 0 Å². The van der Waals surface area contributed by atoms with Crippen molar-refractivity contribution in [2.24, 2.45) is 0 Å². The van der Waals surface area contributed by atoms with Crippen molar-refractivity contribution in [3.05, 3.63) is 35.4 Å². The number of benzene rings is 1. The van der Waals surface area contributed by atoms with Crippen molar-refractivity contribution in [1.29, 1.82) is 0 Å². The van der Waals surface area contributed by atoms with Crippen LogP contribution in [0.25, 0.3) is 0 Å². The molecule has 1 rings (SSSR count). The van der Waals surface area contributed by atoms with Gasteiger partial charge in [-0.1, -0.05) is 6.07 Å². The lowest BCUT2D eigenvalue weighted by atomic mass is 10.1. The Hall–Kier alpha value is -0.823. The number of unbranched alkanes of at least 4 members (excludes halogenated alkanes) is 1. The van der Waals surface area contributed by atoms with Gasteiger partial charge in [-0.3, -0.25) is 0 Å². The minimum absolute atomic E-state index is 0.558. The zero-order valence-electron chi connectivity index (χ0n) is 10.6. The molecule has 0 fully saturated rings. The molecule has 18 heavy (non-hydrogen) atoms. The fraction of sp³-hybridized carbons (Fsp3) is 0.500. The van der Waals surface area contributed by atoms with Gasteiger partial charge in [0.25, 0.3) is 0 Å². The standard InChI is InChI=1S/C12H18F2O3Si/c1-15-18(16-2)17-8-4-3-5-10-6-7-11(13)12(14)9-10/h6-7,9,18H,3-5,8H2,1-2H3. The van der Waals surface area contributed by atoms with E-state index < -0.39 is 21.2 Å². The maximum Gasteiger partial charge on any atom is 0.483 e. The van der Waals surface area contributed by atoms with Crippen LogP contribution in [0.3, 0.4) is 0 Å². The summed E-state index contributed by atoms with van der Waals surface area (Å²) < 4.78 is 41.0. The number of halogens is 2. The normalized spacial score (nSPS) is 11.2. The second-order valence-corrected chi connectivity index (χ2v) is 5.69. The van der Waals surface area contributed by atoms with Crippen molar-refractivity contribution in [2.75, 3.05) is 20.8 Å². The highest BCUT2D eigenvalue weighted by Crippen LogP contribution is 2.11. The molecule has 0 aliphatic rings. The van der Waals surface area contributed by atoms with Gasteiger partial charge in [0.05, 0.1) is 0 Å². The minimum Gasteiger partial charge on any atom is -0.379 e. The molecular weight excluding hydrogens is 258 g/mol. The lowest BCUT2D eigenvalue weighted by molar-refractivity contribution is 0.133. The summed E-state index contributed by atoms with van der Waals surface area (Å²) in [6.45, 7) is 0.558. The molecule has 0 unspecified atom stereocenters. The molecule has 0 saturated heterocycles. The third-order valence-corrected chi connectivity index (χ3v) is 3.76. The van der Waals surface area contributed by atoms with Crippen molar-refractivity contribution in [1.82, 2.24) is 0 Å². The molecular formula is C12H18F2O3Si. The number of rotatable bonds is 8. The first kappa shape index (κ1) is 15.2. The molecule has 6 heteroatoms. The van der Waals surface area contributed by atoms with Crippen LogP contribution in [0, 0.1) is 11.6 Å². The second kappa shape index (κ2) is 8.31. The Balaban J connectivity index is 2.19. The van der Waals surface area contributed by atoms with Crippen molar-refractivity contribution >= 4 is 9.53 Å². The SMILES string of the molecule is CO[SiH](OC)OCCCCc1ccc(F)c(F)c1. The monoisotopic (exact) mass is 276 g/mol. The van der Waals surface area contributed by atoms with Crippen LogP contribution in [0.15, 0.2) is 18.2 Å². The molecule has 102 valence electrons. The molecule has 1 aromatic carbocycles. The predicted molar refractivity (Wildman–Crippen MR) is 66.4 cm³/mol. The van der Waals surface area contributed by atoms with Crippen molar-refractivity contribution < 1.29 is 22.1 Å². The van der Waals surface area contributed by atoms with E-state index >= 15 is 0 Å². The van der Waals surface area contributed by atoms with Crippen LogP contribution >= 0.6 is 0 Å². The lowest BCUT2D eigenvalue weighted by Gasteiger charge is -2.11. The summed E-state index contributed by atoms with van der Waals surface area (Å²) in [6.07, 6.45) is 2.38. The zero-order valence-corrected chi connectivity index (χ0v) is 11.8. The van der Waals surface area contributed by atoms with E-state index in [1.165, 1.54) is 6.07 Å². The van der Waals surface area contributed by atoms with Crippen LogP contribution < -0.4 is 0 Å². The van der Waals surface area contributed by atoms with Gasteiger partial charge in [0.2, 0.25) is 0 Å². The molecule has 0 atom stereocenters. The Morgan fingerprint density at radius 2 is 1.78 bits per heavy atom. The first-order valence-electron chi connectivity index (χ1n) is 5.78. The highest BCUT2D eigenvalue weighted by molar-refractivity contribution is 6.36. The van der Waals surface area contributed by atoms with E-state index in [0.717, 1.165) is 24.5 Å². The molecule has 0 N–H and O–H groups in total. The highest BCUT2D eigenvalue weighted by Gasteiger charge is 2.09. The van der Waals surface area contributed by atoms with Gasteiger partial charge in [-0.05, 0) is 37.0 Å². The fourth-order valence-corrected chi connectivity index (χ4v) is 2.36. The number of hydrogen-bond acceptors (Lipinski definition) is 3. The molecule has 0 bridgehead atoms. The molecule has 0 amide bonds. The average Bonchev–Trinajstić information content (AvgIpc) is 2.38. The molecule has 0 heterocycles. The van der Waals surface area contributed by atoms with Gasteiger partial charge in [0, 0.05) is 20.8 Å². The summed E-state index contributed by atoms with van der Waals surface area (Å²) in [6, 6.07) is 3.99. The second-order valence-electron chi connectivity index (χ2n) is 3.84. The van der Waals surface area contributed by atoms with Gasteiger partial charge in [-0.2, -0.15) is 0 Å². The van der Waals surface area contributed by atoms with E-state index in [0.29, 0.717) is 13.0 Å². The van der Waals surface area contributed by atoms with Crippen molar-refractivity contribution in [2.45, 2.75) is 19.3 Å². The Kier molecular flexibility index (Phi) is 7.03. The molecule has 0 saturated carbocycles. The third kappa shape index (κ3) is 5.22. The minimum atomic E-state index is -1.93. The summed E-state index contributed by atoms with van der Waals surface area (Å²) in [4.78, 5) is 0. The van der Waals surface area contributed by atoms with E-state index in [-0.39, 0.29) is 0 Å². The summed E-state index contributed by atoms with van der Waals surface area (Å²) in [5, 5.41) is 0. The van der Waals surface area contributed by atoms with Crippen LogP contribution in [-0.4, -0.2) is 30.4 Å². The zero-order chi connectivity index (χ0) is 13.4. The molecule has 0 spiro atoms. The lowest BCUT2D eigenvalue weighted by Crippen LogP contribution is -2.24. The van der Waals surface area contributed by atoms with Crippen LogP contribution in [0.1, 0.15) is 18.4 Å². The van der Waals surface area contributed by atoms with E-state index in [1.54, 1.807) is 20.3 Å². The van der Waals surface area contributed by atoms with Crippen molar-refractivity contribution in [3.63, 3.8) is 0 Å². The van der Waals surface area contributed by atoms with Crippen LogP contribution in [0.5, 0.6) is 0 Å². The summed E-state index contributed by atoms with van der Waals surface area (Å²) in [5.41, 5.74) is 0.793. The Morgan fingerprint density at radius 3 is 2.39 bits per heavy atom. The third-order valence-electron chi connectivity index (χ3n) is 2.48. The van der Waals surface area contributed by atoms with Gasteiger partial charge in [-0.25, -0.2) is 8.78 Å². The first-order chi connectivity index (χ1) is 8.67.